The van der Waals surface area contributed by atoms with Crippen molar-refractivity contribution in [1.29, 1.82) is 0 Å². The molecule has 0 spiro atoms. The van der Waals surface area contributed by atoms with Gasteiger partial charge in [0.2, 0.25) is 11.8 Å². The zero-order valence-corrected chi connectivity index (χ0v) is 25.3. The Morgan fingerprint density at radius 2 is 1.50 bits per heavy atom. The second kappa shape index (κ2) is 14.9. The molecule has 1 saturated carbocycles. The van der Waals surface area contributed by atoms with Crippen LogP contribution in [0.5, 0.6) is 5.75 Å². The summed E-state index contributed by atoms with van der Waals surface area (Å²) in [5.41, 5.74) is 1.22. The summed E-state index contributed by atoms with van der Waals surface area (Å²) < 4.78 is 34.6. The maximum absolute atomic E-state index is 14.2. The topological polar surface area (TPSA) is 96.0 Å². The fraction of sp³-hybridized carbons (Fsp3) is 0.394. The van der Waals surface area contributed by atoms with Crippen molar-refractivity contribution in [3.05, 3.63) is 90.5 Å². The third-order valence-electron chi connectivity index (χ3n) is 7.58. The normalized spacial score (nSPS) is 14.5. The SMILES string of the molecule is CCOc1ccc(S(=O)(=O)N(CC(=O)N(Cc2ccccc2)[C@@H](CC)C(=O)NC2CCCCC2)c2ccccc2)cc1. The predicted octanol–water partition coefficient (Wildman–Crippen LogP) is 5.54. The molecule has 2 amide bonds. The Labute approximate surface area is 249 Å². The molecule has 0 bridgehead atoms. The molecule has 3 aromatic carbocycles. The summed E-state index contributed by atoms with van der Waals surface area (Å²) in [6, 6.07) is 23.5. The number of nitrogens with zero attached hydrogens (tertiary/aromatic N) is 2. The first-order valence-electron chi connectivity index (χ1n) is 14.8. The van der Waals surface area contributed by atoms with Gasteiger partial charge in [-0.05, 0) is 68.1 Å². The van der Waals surface area contributed by atoms with Crippen molar-refractivity contribution in [1.82, 2.24) is 10.2 Å². The Hall–Kier alpha value is -3.85. The van der Waals surface area contributed by atoms with Crippen LogP contribution in [0, 0.1) is 0 Å². The summed E-state index contributed by atoms with van der Waals surface area (Å²) in [4.78, 5) is 29.3. The number of benzene rings is 3. The van der Waals surface area contributed by atoms with Crippen LogP contribution in [-0.2, 0) is 26.2 Å². The molecule has 0 aromatic heterocycles. The van der Waals surface area contributed by atoms with Crippen LogP contribution in [0.3, 0.4) is 0 Å². The summed E-state index contributed by atoms with van der Waals surface area (Å²) >= 11 is 0. The number of amides is 2. The van der Waals surface area contributed by atoms with Gasteiger partial charge >= 0.3 is 0 Å². The van der Waals surface area contributed by atoms with Crippen molar-refractivity contribution in [3.8, 4) is 5.75 Å². The van der Waals surface area contributed by atoms with Crippen molar-refractivity contribution >= 4 is 27.5 Å². The molecule has 3 aromatic rings. The minimum absolute atomic E-state index is 0.0410. The Balaban J connectivity index is 1.66. The molecule has 9 heteroatoms. The highest BCUT2D eigenvalue weighted by Crippen LogP contribution is 2.26. The molecule has 1 N–H and O–H groups in total. The molecule has 0 saturated heterocycles. The first kappa shape index (κ1) is 31.1. The highest BCUT2D eigenvalue weighted by Gasteiger charge is 2.34. The molecule has 1 aliphatic carbocycles. The molecule has 0 aliphatic heterocycles. The first-order valence-corrected chi connectivity index (χ1v) is 16.2. The average molecular weight is 592 g/mol. The van der Waals surface area contributed by atoms with E-state index in [1.54, 1.807) is 42.5 Å². The van der Waals surface area contributed by atoms with Gasteiger partial charge in [-0.25, -0.2) is 8.42 Å². The quantitative estimate of drug-likeness (QED) is 0.282. The van der Waals surface area contributed by atoms with E-state index >= 15 is 0 Å². The summed E-state index contributed by atoms with van der Waals surface area (Å²) in [6.07, 6.45) is 5.57. The van der Waals surface area contributed by atoms with Gasteiger partial charge in [0, 0.05) is 12.6 Å². The molecular formula is C33H41N3O5S. The van der Waals surface area contributed by atoms with Crippen molar-refractivity contribution in [3.63, 3.8) is 0 Å². The van der Waals surface area contributed by atoms with Gasteiger partial charge in [-0.3, -0.25) is 13.9 Å². The van der Waals surface area contributed by atoms with Gasteiger partial charge in [0.1, 0.15) is 18.3 Å². The van der Waals surface area contributed by atoms with Crippen LogP contribution < -0.4 is 14.4 Å². The maximum atomic E-state index is 14.2. The number of hydrogen-bond acceptors (Lipinski definition) is 5. The van der Waals surface area contributed by atoms with Crippen molar-refractivity contribution in [2.45, 2.75) is 75.9 Å². The number of anilines is 1. The van der Waals surface area contributed by atoms with E-state index in [0.717, 1.165) is 35.6 Å². The Morgan fingerprint density at radius 1 is 0.881 bits per heavy atom. The van der Waals surface area contributed by atoms with Crippen LogP contribution in [0.25, 0.3) is 0 Å². The van der Waals surface area contributed by atoms with E-state index in [1.807, 2.05) is 44.2 Å². The van der Waals surface area contributed by atoms with Crippen LogP contribution in [0.1, 0.15) is 57.9 Å². The molecule has 0 radical (unpaired) electrons. The molecule has 1 atom stereocenters. The van der Waals surface area contributed by atoms with Gasteiger partial charge in [-0.1, -0.05) is 74.7 Å². The van der Waals surface area contributed by atoms with Crippen LogP contribution >= 0.6 is 0 Å². The molecule has 8 nitrogen and oxygen atoms in total. The van der Waals surface area contributed by atoms with Crippen LogP contribution in [-0.4, -0.2) is 50.4 Å². The molecule has 1 aliphatic rings. The van der Waals surface area contributed by atoms with E-state index in [4.69, 9.17) is 4.74 Å². The third kappa shape index (κ3) is 7.91. The predicted molar refractivity (Wildman–Crippen MR) is 165 cm³/mol. The second-order valence-electron chi connectivity index (χ2n) is 10.5. The summed E-state index contributed by atoms with van der Waals surface area (Å²) in [5.74, 6) is -0.0974. The van der Waals surface area contributed by atoms with Crippen molar-refractivity contribution < 1.29 is 22.7 Å². The number of sulfonamides is 1. The van der Waals surface area contributed by atoms with Crippen LogP contribution in [0.2, 0.25) is 0 Å². The second-order valence-corrected chi connectivity index (χ2v) is 12.4. The first-order chi connectivity index (χ1) is 20.3. The average Bonchev–Trinajstić information content (AvgIpc) is 3.01. The lowest BCUT2D eigenvalue weighted by Crippen LogP contribution is -2.54. The smallest absolute Gasteiger partial charge is 0.264 e. The largest absolute Gasteiger partial charge is 0.494 e. The highest BCUT2D eigenvalue weighted by atomic mass is 32.2. The highest BCUT2D eigenvalue weighted by molar-refractivity contribution is 7.92. The summed E-state index contributed by atoms with van der Waals surface area (Å²) in [5, 5.41) is 3.17. The summed E-state index contributed by atoms with van der Waals surface area (Å²) in [6.45, 7) is 3.91. The third-order valence-corrected chi connectivity index (χ3v) is 9.37. The number of carbonyl (C=O) groups excluding carboxylic acids is 2. The molecular weight excluding hydrogens is 550 g/mol. The van der Waals surface area contributed by atoms with Gasteiger partial charge in [0.25, 0.3) is 10.0 Å². The zero-order valence-electron chi connectivity index (χ0n) is 24.4. The van der Waals surface area contributed by atoms with Gasteiger partial charge in [-0.2, -0.15) is 0 Å². The minimum Gasteiger partial charge on any atom is -0.494 e. The van der Waals surface area contributed by atoms with Gasteiger partial charge < -0.3 is 15.0 Å². The minimum atomic E-state index is -4.13. The van der Waals surface area contributed by atoms with Gasteiger partial charge in [0.05, 0.1) is 17.2 Å². The molecule has 0 unspecified atom stereocenters. The molecule has 4 rings (SSSR count). The van der Waals surface area contributed by atoms with E-state index < -0.39 is 28.5 Å². The standard InChI is InChI=1S/C33H41N3O5S/c1-3-31(33(38)34-27-16-10-6-11-17-27)35(24-26-14-8-5-9-15-26)32(37)25-36(28-18-12-7-13-19-28)42(39,40)30-22-20-29(21-23-30)41-4-2/h5,7-9,12-15,18-23,27,31H,3-4,6,10-11,16-17,24-25H2,1-2H3,(H,34,38)/t31-/m0/s1. The van der Waals surface area contributed by atoms with E-state index in [0.29, 0.717) is 24.5 Å². The number of rotatable bonds is 13. The lowest BCUT2D eigenvalue weighted by Gasteiger charge is -2.34. The fourth-order valence-electron chi connectivity index (χ4n) is 5.37. The lowest BCUT2D eigenvalue weighted by molar-refractivity contribution is -0.140. The number of hydrogen-bond donors (Lipinski definition) is 1. The van der Waals surface area contributed by atoms with Crippen molar-refractivity contribution in [2.75, 3.05) is 17.5 Å². The monoisotopic (exact) mass is 591 g/mol. The Kier molecular flexibility index (Phi) is 11.0. The van der Waals surface area contributed by atoms with Crippen LogP contribution in [0.15, 0.2) is 89.8 Å². The number of ether oxygens (including phenoxy) is 1. The number of para-hydroxylation sites is 1. The Morgan fingerprint density at radius 3 is 2.10 bits per heavy atom. The molecule has 224 valence electrons. The van der Waals surface area contributed by atoms with Crippen LogP contribution in [0.4, 0.5) is 5.69 Å². The lowest BCUT2D eigenvalue weighted by atomic mass is 9.95. The van der Waals surface area contributed by atoms with Gasteiger partial charge in [-0.15, -0.1) is 0 Å². The zero-order chi connectivity index (χ0) is 30.0. The molecule has 42 heavy (non-hydrogen) atoms. The summed E-state index contributed by atoms with van der Waals surface area (Å²) in [7, 11) is -4.13. The van der Waals surface area contributed by atoms with E-state index in [2.05, 4.69) is 5.32 Å². The van der Waals surface area contributed by atoms with E-state index in [1.165, 1.54) is 23.5 Å². The Bertz CT molecular complexity index is 1390. The van der Waals surface area contributed by atoms with E-state index in [-0.39, 0.29) is 23.4 Å². The van der Waals surface area contributed by atoms with Gasteiger partial charge in [0.15, 0.2) is 0 Å². The number of carbonyl (C=O) groups is 2. The number of nitrogens with one attached hydrogen (secondary N) is 1. The van der Waals surface area contributed by atoms with E-state index in [9.17, 15) is 18.0 Å². The molecule has 0 heterocycles. The maximum Gasteiger partial charge on any atom is 0.264 e. The van der Waals surface area contributed by atoms with Crippen molar-refractivity contribution in [2.24, 2.45) is 0 Å². The fourth-order valence-corrected chi connectivity index (χ4v) is 6.78. The molecule has 1 fully saturated rings.